The molecule has 260 valence electrons. The van der Waals surface area contributed by atoms with Gasteiger partial charge in [0.1, 0.15) is 0 Å². The lowest BCUT2D eigenvalue weighted by Crippen LogP contribution is -2.45. The number of rotatable bonds is 35. The summed E-state index contributed by atoms with van der Waals surface area (Å²) in [6.45, 7) is 4.25. The Kier molecular flexibility index (Phi) is 35.4. The van der Waals surface area contributed by atoms with Gasteiger partial charge in [0.2, 0.25) is 5.91 Å². The number of carbonyl (C=O) groups excluding carboxylic acids is 1. The highest BCUT2D eigenvalue weighted by atomic mass is 16.3. The van der Waals surface area contributed by atoms with E-state index in [9.17, 15) is 15.0 Å². The Morgan fingerprint density at radius 2 is 0.886 bits per heavy atom. The van der Waals surface area contributed by atoms with E-state index in [1.807, 2.05) is 6.08 Å². The Hall–Kier alpha value is -1.13. The molecule has 0 saturated heterocycles. The average Bonchev–Trinajstić information content (AvgIpc) is 3.03. The van der Waals surface area contributed by atoms with Crippen molar-refractivity contribution in [1.29, 1.82) is 0 Å². The summed E-state index contributed by atoms with van der Waals surface area (Å²) < 4.78 is 0. The molecule has 0 bridgehead atoms. The number of aliphatic hydroxyl groups is 2. The van der Waals surface area contributed by atoms with Gasteiger partial charge < -0.3 is 15.5 Å². The van der Waals surface area contributed by atoms with Crippen LogP contribution in [-0.2, 0) is 4.79 Å². The number of allylic oxidation sites excluding steroid dienone is 3. The standard InChI is InChI=1S/C40H77NO3/c1-3-5-7-9-11-13-14-15-16-17-18-19-20-21-22-23-24-25-26-28-30-32-34-36-40(44)41-38(37-42)39(43)35-33-31-29-27-12-10-8-6-4-2/h12,27,33,35,38-39,42-43H,3-11,13-26,28-32,34,36-37H2,1-2H3,(H,41,44)/b27-12+,35-33+. The molecule has 0 aromatic carbocycles. The molecule has 3 N–H and O–H groups in total. The molecule has 0 rings (SSSR count). The van der Waals surface area contributed by atoms with Crippen molar-refractivity contribution in [1.82, 2.24) is 5.32 Å². The van der Waals surface area contributed by atoms with E-state index in [0.29, 0.717) is 6.42 Å². The molecule has 2 atom stereocenters. The molecule has 0 saturated carbocycles. The van der Waals surface area contributed by atoms with Crippen LogP contribution in [0.25, 0.3) is 0 Å². The number of hydrogen-bond acceptors (Lipinski definition) is 3. The molecule has 0 radical (unpaired) electrons. The molecule has 0 aliphatic rings. The molecule has 2 unspecified atom stereocenters. The van der Waals surface area contributed by atoms with Crippen molar-refractivity contribution in [3.63, 3.8) is 0 Å². The molecule has 4 nitrogen and oxygen atoms in total. The average molecular weight is 620 g/mol. The maximum absolute atomic E-state index is 12.3. The summed E-state index contributed by atoms with van der Waals surface area (Å²) in [6.07, 6.45) is 45.7. The SMILES string of the molecule is CCCCC/C=C/CC/C=C/C(O)C(CO)NC(=O)CCCCCCCCCCCCCCCCCCCCCCCCC. The predicted octanol–water partition coefficient (Wildman–Crippen LogP) is 11.7. The van der Waals surface area contributed by atoms with E-state index in [4.69, 9.17) is 0 Å². The molecule has 0 fully saturated rings. The number of amides is 1. The summed E-state index contributed by atoms with van der Waals surface area (Å²) in [5.41, 5.74) is 0. The second-order valence-electron chi connectivity index (χ2n) is 13.3. The first kappa shape index (κ1) is 42.9. The lowest BCUT2D eigenvalue weighted by Gasteiger charge is -2.19. The molecule has 0 heterocycles. The van der Waals surface area contributed by atoms with E-state index in [0.717, 1.165) is 32.1 Å². The van der Waals surface area contributed by atoms with Crippen LogP contribution in [0.3, 0.4) is 0 Å². The maximum Gasteiger partial charge on any atom is 0.220 e. The summed E-state index contributed by atoms with van der Waals surface area (Å²) in [7, 11) is 0. The molecule has 0 aromatic rings. The monoisotopic (exact) mass is 620 g/mol. The molecule has 1 amide bonds. The van der Waals surface area contributed by atoms with Gasteiger partial charge in [-0.15, -0.1) is 0 Å². The van der Waals surface area contributed by atoms with Crippen LogP contribution >= 0.6 is 0 Å². The quantitative estimate of drug-likeness (QED) is 0.0488. The number of hydrogen-bond donors (Lipinski definition) is 3. The molecule has 0 spiro atoms. The minimum Gasteiger partial charge on any atom is -0.394 e. The largest absolute Gasteiger partial charge is 0.394 e. The van der Waals surface area contributed by atoms with Crippen molar-refractivity contribution in [2.24, 2.45) is 0 Å². The third-order valence-electron chi connectivity index (χ3n) is 8.94. The first-order valence-corrected chi connectivity index (χ1v) is 19.6. The lowest BCUT2D eigenvalue weighted by atomic mass is 10.0. The highest BCUT2D eigenvalue weighted by Gasteiger charge is 2.17. The van der Waals surface area contributed by atoms with Gasteiger partial charge in [-0.2, -0.15) is 0 Å². The first-order chi connectivity index (χ1) is 21.7. The van der Waals surface area contributed by atoms with Gasteiger partial charge in [0.15, 0.2) is 0 Å². The summed E-state index contributed by atoms with van der Waals surface area (Å²) in [6, 6.07) is -0.632. The Bertz CT molecular complexity index is 632. The molecular weight excluding hydrogens is 542 g/mol. The predicted molar refractivity (Wildman–Crippen MR) is 193 cm³/mol. The molecular formula is C40H77NO3. The minimum absolute atomic E-state index is 0.0741. The number of aliphatic hydroxyl groups excluding tert-OH is 2. The van der Waals surface area contributed by atoms with Crippen LogP contribution in [0.4, 0.5) is 0 Å². The van der Waals surface area contributed by atoms with E-state index in [1.165, 1.54) is 154 Å². The third kappa shape index (κ3) is 32.3. The highest BCUT2D eigenvalue weighted by molar-refractivity contribution is 5.76. The van der Waals surface area contributed by atoms with Gasteiger partial charge in [-0.1, -0.05) is 192 Å². The smallest absolute Gasteiger partial charge is 0.220 e. The molecule has 0 aliphatic heterocycles. The van der Waals surface area contributed by atoms with E-state index in [-0.39, 0.29) is 12.5 Å². The fourth-order valence-corrected chi connectivity index (χ4v) is 5.90. The van der Waals surface area contributed by atoms with Crippen LogP contribution < -0.4 is 5.32 Å². The van der Waals surface area contributed by atoms with E-state index >= 15 is 0 Å². The second-order valence-corrected chi connectivity index (χ2v) is 13.3. The molecule has 0 aromatic heterocycles. The van der Waals surface area contributed by atoms with Crippen LogP contribution in [0.2, 0.25) is 0 Å². The zero-order valence-corrected chi connectivity index (χ0v) is 29.7. The fourth-order valence-electron chi connectivity index (χ4n) is 5.90. The summed E-state index contributed by atoms with van der Waals surface area (Å²) >= 11 is 0. The van der Waals surface area contributed by atoms with E-state index in [1.54, 1.807) is 6.08 Å². The van der Waals surface area contributed by atoms with Gasteiger partial charge in [-0.05, 0) is 32.1 Å². The van der Waals surface area contributed by atoms with Crippen LogP contribution in [0.5, 0.6) is 0 Å². The Morgan fingerprint density at radius 3 is 1.32 bits per heavy atom. The van der Waals surface area contributed by atoms with Crippen molar-refractivity contribution < 1.29 is 15.0 Å². The normalized spacial score (nSPS) is 13.3. The highest BCUT2D eigenvalue weighted by Crippen LogP contribution is 2.16. The van der Waals surface area contributed by atoms with Gasteiger partial charge in [0, 0.05) is 6.42 Å². The Balaban J connectivity index is 3.48. The second kappa shape index (κ2) is 36.3. The fraction of sp³-hybridized carbons (Fsp3) is 0.875. The van der Waals surface area contributed by atoms with Gasteiger partial charge in [-0.3, -0.25) is 4.79 Å². The van der Waals surface area contributed by atoms with Crippen LogP contribution in [0, 0.1) is 0 Å². The van der Waals surface area contributed by atoms with Crippen LogP contribution in [-0.4, -0.2) is 34.9 Å². The number of carbonyl (C=O) groups is 1. The van der Waals surface area contributed by atoms with E-state index in [2.05, 4.69) is 31.3 Å². The first-order valence-electron chi connectivity index (χ1n) is 19.6. The van der Waals surface area contributed by atoms with Gasteiger partial charge in [0.25, 0.3) is 0 Å². The minimum atomic E-state index is -0.855. The maximum atomic E-state index is 12.3. The Labute approximate surface area is 275 Å². The third-order valence-corrected chi connectivity index (χ3v) is 8.94. The summed E-state index contributed by atoms with van der Waals surface area (Å²) in [5.74, 6) is -0.0741. The van der Waals surface area contributed by atoms with Gasteiger partial charge >= 0.3 is 0 Å². The van der Waals surface area contributed by atoms with Crippen molar-refractivity contribution in [2.45, 2.75) is 219 Å². The van der Waals surface area contributed by atoms with E-state index < -0.39 is 12.1 Å². The zero-order valence-electron chi connectivity index (χ0n) is 29.7. The molecule has 4 heteroatoms. The van der Waals surface area contributed by atoms with Crippen LogP contribution in [0.1, 0.15) is 206 Å². The van der Waals surface area contributed by atoms with Crippen molar-refractivity contribution in [3.05, 3.63) is 24.3 Å². The topological polar surface area (TPSA) is 69.6 Å². The van der Waals surface area contributed by atoms with Crippen molar-refractivity contribution >= 4 is 5.91 Å². The number of unbranched alkanes of at least 4 members (excludes halogenated alkanes) is 26. The van der Waals surface area contributed by atoms with Crippen molar-refractivity contribution in [3.8, 4) is 0 Å². The number of nitrogens with one attached hydrogen (secondary N) is 1. The van der Waals surface area contributed by atoms with Crippen LogP contribution in [0.15, 0.2) is 24.3 Å². The lowest BCUT2D eigenvalue weighted by molar-refractivity contribution is -0.123. The molecule has 0 aliphatic carbocycles. The van der Waals surface area contributed by atoms with Gasteiger partial charge in [0.05, 0.1) is 18.8 Å². The van der Waals surface area contributed by atoms with Gasteiger partial charge in [-0.25, -0.2) is 0 Å². The summed E-state index contributed by atoms with van der Waals surface area (Å²) in [4.78, 5) is 12.3. The van der Waals surface area contributed by atoms with Crippen molar-refractivity contribution in [2.75, 3.05) is 6.61 Å². The Morgan fingerprint density at radius 1 is 0.523 bits per heavy atom. The zero-order chi connectivity index (χ0) is 32.2. The summed E-state index contributed by atoms with van der Waals surface area (Å²) in [5, 5.41) is 22.8. The molecule has 44 heavy (non-hydrogen) atoms.